The lowest BCUT2D eigenvalue weighted by Gasteiger charge is -2.40. The van der Waals surface area contributed by atoms with E-state index in [1.54, 1.807) is 12.3 Å². The van der Waals surface area contributed by atoms with E-state index in [2.05, 4.69) is 4.98 Å². The molecule has 1 fully saturated rings. The summed E-state index contributed by atoms with van der Waals surface area (Å²) < 4.78 is 0. The van der Waals surface area contributed by atoms with E-state index in [0.717, 1.165) is 0 Å². The first kappa shape index (κ1) is 13.6. The maximum Gasteiger partial charge on any atom is 0.270 e. The molecule has 0 saturated carbocycles. The molecule has 1 saturated heterocycles. The molecule has 0 aromatic carbocycles. The summed E-state index contributed by atoms with van der Waals surface area (Å²) in [5.41, 5.74) is 0.607. The van der Waals surface area contributed by atoms with Crippen LogP contribution in [0.2, 0.25) is 0 Å². The van der Waals surface area contributed by atoms with Crippen LogP contribution in [0.5, 0.6) is 0 Å². The molecule has 1 unspecified atom stereocenters. The first-order chi connectivity index (χ1) is 9.00. The molecule has 1 aliphatic rings. The highest BCUT2D eigenvalue weighted by molar-refractivity contribution is 5.92. The molecule has 0 spiro atoms. The van der Waals surface area contributed by atoms with Gasteiger partial charge in [-0.2, -0.15) is 0 Å². The molecule has 1 aromatic rings. The van der Waals surface area contributed by atoms with Gasteiger partial charge in [0.1, 0.15) is 5.69 Å². The standard InChI is InChI=1S/C14H21N3O2/c1-10(2)13(18)16-7-8-17(11(3)9-16)14(19)12-5-4-6-15-12/h4-6,10-11,15H,7-9H2,1-3H3. The topological polar surface area (TPSA) is 56.4 Å². The van der Waals surface area contributed by atoms with E-state index < -0.39 is 0 Å². The minimum absolute atomic E-state index is 0.00847. The third-order valence-electron chi connectivity index (χ3n) is 3.52. The molecule has 5 heteroatoms. The van der Waals surface area contributed by atoms with E-state index >= 15 is 0 Å². The van der Waals surface area contributed by atoms with Crippen LogP contribution < -0.4 is 0 Å². The summed E-state index contributed by atoms with van der Waals surface area (Å²) in [5, 5.41) is 0. The number of carbonyl (C=O) groups is 2. The predicted molar refractivity (Wildman–Crippen MR) is 72.7 cm³/mol. The Morgan fingerprint density at radius 1 is 1.37 bits per heavy atom. The van der Waals surface area contributed by atoms with Gasteiger partial charge in [-0.15, -0.1) is 0 Å². The fourth-order valence-electron chi connectivity index (χ4n) is 2.44. The summed E-state index contributed by atoms with van der Waals surface area (Å²) in [6, 6.07) is 3.64. The number of nitrogens with one attached hydrogen (secondary N) is 1. The highest BCUT2D eigenvalue weighted by atomic mass is 16.2. The molecule has 0 bridgehead atoms. The molecule has 2 amide bonds. The Balaban J connectivity index is 2.01. The Bertz CT molecular complexity index is 453. The molecule has 1 N–H and O–H groups in total. The van der Waals surface area contributed by atoms with Gasteiger partial charge < -0.3 is 14.8 Å². The van der Waals surface area contributed by atoms with Crippen LogP contribution in [0.25, 0.3) is 0 Å². The van der Waals surface area contributed by atoms with Gasteiger partial charge in [-0.1, -0.05) is 13.8 Å². The van der Waals surface area contributed by atoms with Crippen LogP contribution in [-0.2, 0) is 4.79 Å². The average molecular weight is 263 g/mol. The third kappa shape index (κ3) is 2.80. The summed E-state index contributed by atoms with van der Waals surface area (Å²) in [7, 11) is 0. The molecule has 0 aliphatic carbocycles. The normalized spacial score (nSPS) is 19.9. The zero-order chi connectivity index (χ0) is 14.0. The molecule has 19 heavy (non-hydrogen) atoms. The summed E-state index contributed by atoms with van der Waals surface area (Å²) in [5.74, 6) is 0.186. The van der Waals surface area contributed by atoms with Gasteiger partial charge in [0, 0.05) is 37.8 Å². The molecule has 0 radical (unpaired) electrons. The number of aromatic amines is 1. The van der Waals surface area contributed by atoms with E-state index in [-0.39, 0.29) is 23.8 Å². The monoisotopic (exact) mass is 263 g/mol. The van der Waals surface area contributed by atoms with Crippen molar-refractivity contribution in [3.63, 3.8) is 0 Å². The number of hydrogen-bond acceptors (Lipinski definition) is 2. The fourth-order valence-corrected chi connectivity index (χ4v) is 2.44. The van der Waals surface area contributed by atoms with Crippen molar-refractivity contribution in [1.29, 1.82) is 0 Å². The van der Waals surface area contributed by atoms with Crippen LogP contribution >= 0.6 is 0 Å². The van der Waals surface area contributed by atoms with Crippen molar-refractivity contribution in [3.8, 4) is 0 Å². The second-order valence-electron chi connectivity index (χ2n) is 5.37. The second-order valence-corrected chi connectivity index (χ2v) is 5.37. The minimum Gasteiger partial charge on any atom is -0.357 e. The Hall–Kier alpha value is -1.78. The number of aromatic nitrogens is 1. The summed E-state index contributed by atoms with van der Waals surface area (Å²) in [6.45, 7) is 7.63. The van der Waals surface area contributed by atoms with Crippen LogP contribution in [0.1, 0.15) is 31.3 Å². The minimum atomic E-state index is 0.00847. The van der Waals surface area contributed by atoms with Gasteiger partial charge >= 0.3 is 0 Å². The van der Waals surface area contributed by atoms with Crippen molar-refractivity contribution in [2.75, 3.05) is 19.6 Å². The number of hydrogen-bond donors (Lipinski definition) is 1. The third-order valence-corrected chi connectivity index (χ3v) is 3.52. The summed E-state index contributed by atoms with van der Waals surface area (Å²) in [4.78, 5) is 30.9. The average Bonchev–Trinajstić information content (AvgIpc) is 2.90. The van der Waals surface area contributed by atoms with Gasteiger partial charge in [-0.3, -0.25) is 9.59 Å². The van der Waals surface area contributed by atoms with E-state index in [1.165, 1.54) is 0 Å². The van der Waals surface area contributed by atoms with Crippen molar-refractivity contribution < 1.29 is 9.59 Å². The predicted octanol–water partition coefficient (Wildman–Crippen LogP) is 1.34. The highest BCUT2D eigenvalue weighted by Crippen LogP contribution is 2.15. The van der Waals surface area contributed by atoms with Gasteiger partial charge in [0.25, 0.3) is 5.91 Å². The van der Waals surface area contributed by atoms with Crippen LogP contribution in [0.4, 0.5) is 0 Å². The molecule has 5 nitrogen and oxygen atoms in total. The van der Waals surface area contributed by atoms with E-state index in [0.29, 0.717) is 25.3 Å². The molecule has 2 rings (SSSR count). The van der Waals surface area contributed by atoms with E-state index in [9.17, 15) is 9.59 Å². The Morgan fingerprint density at radius 3 is 2.63 bits per heavy atom. The van der Waals surface area contributed by atoms with Crippen molar-refractivity contribution in [1.82, 2.24) is 14.8 Å². The zero-order valence-corrected chi connectivity index (χ0v) is 11.7. The van der Waals surface area contributed by atoms with Crippen molar-refractivity contribution in [3.05, 3.63) is 24.0 Å². The number of H-pyrrole nitrogens is 1. The largest absolute Gasteiger partial charge is 0.357 e. The first-order valence-electron chi connectivity index (χ1n) is 6.74. The summed E-state index contributed by atoms with van der Waals surface area (Å²) >= 11 is 0. The molecule has 1 aromatic heterocycles. The SMILES string of the molecule is CC(C)C(=O)N1CCN(C(=O)c2ccc[nH]2)C(C)C1. The van der Waals surface area contributed by atoms with Crippen LogP contribution in [0, 0.1) is 5.92 Å². The fraction of sp³-hybridized carbons (Fsp3) is 0.571. The highest BCUT2D eigenvalue weighted by Gasteiger charge is 2.31. The quantitative estimate of drug-likeness (QED) is 0.875. The maximum atomic E-state index is 12.3. The molecule has 104 valence electrons. The lowest BCUT2D eigenvalue weighted by molar-refractivity contribution is -0.136. The maximum absolute atomic E-state index is 12.3. The van der Waals surface area contributed by atoms with Crippen molar-refractivity contribution in [2.45, 2.75) is 26.8 Å². The van der Waals surface area contributed by atoms with Gasteiger partial charge in [0.2, 0.25) is 5.91 Å². The number of piperazine rings is 1. The Morgan fingerprint density at radius 2 is 2.11 bits per heavy atom. The Kier molecular flexibility index (Phi) is 3.93. The molecular formula is C14H21N3O2. The van der Waals surface area contributed by atoms with E-state index in [4.69, 9.17) is 0 Å². The Labute approximate surface area is 113 Å². The van der Waals surface area contributed by atoms with Crippen LogP contribution in [-0.4, -0.2) is 52.3 Å². The molecule has 2 heterocycles. The number of amides is 2. The smallest absolute Gasteiger partial charge is 0.270 e. The van der Waals surface area contributed by atoms with Gasteiger partial charge in [-0.25, -0.2) is 0 Å². The zero-order valence-electron chi connectivity index (χ0n) is 11.7. The van der Waals surface area contributed by atoms with E-state index in [1.807, 2.05) is 36.6 Å². The number of rotatable bonds is 2. The van der Waals surface area contributed by atoms with Crippen molar-refractivity contribution in [2.24, 2.45) is 5.92 Å². The lowest BCUT2D eigenvalue weighted by atomic mass is 10.1. The molecule has 1 atom stereocenters. The lowest BCUT2D eigenvalue weighted by Crippen LogP contribution is -2.56. The first-order valence-corrected chi connectivity index (χ1v) is 6.74. The number of nitrogens with zero attached hydrogens (tertiary/aromatic N) is 2. The van der Waals surface area contributed by atoms with Crippen LogP contribution in [0.3, 0.4) is 0 Å². The molecular weight excluding hydrogens is 242 g/mol. The molecule has 1 aliphatic heterocycles. The van der Waals surface area contributed by atoms with Gasteiger partial charge in [0.05, 0.1) is 0 Å². The summed E-state index contributed by atoms with van der Waals surface area (Å²) in [6.07, 6.45) is 1.75. The second kappa shape index (κ2) is 5.47. The van der Waals surface area contributed by atoms with Crippen LogP contribution in [0.15, 0.2) is 18.3 Å². The van der Waals surface area contributed by atoms with Gasteiger partial charge in [-0.05, 0) is 19.1 Å². The van der Waals surface area contributed by atoms with Crippen molar-refractivity contribution >= 4 is 11.8 Å². The number of carbonyl (C=O) groups excluding carboxylic acids is 2. The van der Waals surface area contributed by atoms with Gasteiger partial charge in [0.15, 0.2) is 0 Å².